The Bertz CT molecular complexity index is 188. The number of likely N-dealkylation sites (tertiary alicyclic amines) is 1. The smallest absolute Gasteiger partial charge is 0.327 e. The molecule has 2 unspecified atom stereocenters. The summed E-state index contributed by atoms with van der Waals surface area (Å²) in [6.45, 7) is 7.39. The lowest BCUT2D eigenvalue weighted by Crippen LogP contribution is -2.29. The van der Waals surface area contributed by atoms with E-state index in [0.29, 0.717) is 6.42 Å². The van der Waals surface area contributed by atoms with E-state index in [-0.39, 0.29) is 5.97 Å². The molecule has 14 heavy (non-hydrogen) atoms. The first-order valence-electron chi connectivity index (χ1n) is 5.01. The quantitative estimate of drug-likeness (QED) is 0.490. The summed E-state index contributed by atoms with van der Waals surface area (Å²) >= 11 is 0. The monoisotopic (exact) mass is 201 g/mol. The summed E-state index contributed by atoms with van der Waals surface area (Å²) in [6, 6.07) is 0. The van der Waals surface area contributed by atoms with Crippen LogP contribution in [0.2, 0.25) is 0 Å². The van der Waals surface area contributed by atoms with Crippen LogP contribution >= 0.6 is 0 Å². The average molecular weight is 201 g/mol. The Kier molecular flexibility index (Phi) is 4.31. The first kappa shape index (κ1) is 11.4. The molecule has 0 aromatic rings. The molecule has 1 aliphatic rings. The molecular weight excluding hydrogens is 182 g/mol. The lowest BCUT2D eigenvalue weighted by molar-refractivity contribution is -0.151. The molecule has 0 aliphatic carbocycles. The average Bonchev–Trinajstić information content (AvgIpc) is 2.44. The lowest BCUT2D eigenvalue weighted by atomic mass is 10.0. The minimum atomic E-state index is -0.306. The minimum Gasteiger partial charge on any atom is -0.356 e. The topological polar surface area (TPSA) is 67.6 Å². The van der Waals surface area contributed by atoms with Gasteiger partial charge in [0.25, 0.3) is 0 Å². The van der Waals surface area contributed by atoms with Crippen molar-refractivity contribution in [2.24, 2.45) is 17.7 Å². The first-order valence-corrected chi connectivity index (χ1v) is 5.01. The molecule has 0 radical (unpaired) electrons. The van der Waals surface area contributed by atoms with Gasteiger partial charge in [-0.25, -0.2) is 5.84 Å². The number of carbonyl (C=O) groups excluding carboxylic acids is 1. The molecule has 1 saturated heterocycles. The molecule has 0 amide bonds. The fourth-order valence-electron chi connectivity index (χ4n) is 1.80. The van der Waals surface area contributed by atoms with Crippen LogP contribution in [-0.4, -0.2) is 30.5 Å². The lowest BCUT2D eigenvalue weighted by Gasteiger charge is -2.13. The highest BCUT2D eigenvalue weighted by Gasteiger charge is 2.25. The van der Waals surface area contributed by atoms with Crippen molar-refractivity contribution in [1.29, 1.82) is 0 Å². The number of nitrogens with one attached hydrogen (secondary N) is 1. The van der Waals surface area contributed by atoms with Crippen LogP contribution in [0.4, 0.5) is 0 Å². The van der Waals surface area contributed by atoms with Gasteiger partial charge in [-0.05, 0) is 11.8 Å². The normalized spacial score (nSPS) is 27.9. The number of nitrogens with zero attached hydrogens (tertiary/aromatic N) is 1. The molecule has 0 aromatic heterocycles. The highest BCUT2D eigenvalue weighted by molar-refractivity contribution is 5.69. The van der Waals surface area contributed by atoms with Gasteiger partial charge in [0.2, 0.25) is 0 Å². The number of nitrogens with two attached hydrogens (primary N) is 1. The molecule has 0 saturated carbocycles. The van der Waals surface area contributed by atoms with Gasteiger partial charge in [-0.2, -0.15) is 0 Å². The maximum absolute atomic E-state index is 11.0. The van der Waals surface area contributed by atoms with E-state index >= 15 is 0 Å². The zero-order valence-corrected chi connectivity index (χ0v) is 8.82. The molecule has 1 aliphatic heterocycles. The van der Waals surface area contributed by atoms with Crippen LogP contribution in [0.25, 0.3) is 0 Å². The van der Waals surface area contributed by atoms with Crippen molar-refractivity contribution in [3.05, 3.63) is 0 Å². The third-order valence-electron chi connectivity index (χ3n) is 2.87. The summed E-state index contributed by atoms with van der Waals surface area (Å²) in [5.41, 5.74) is 1.89. The molecular formula is C9H19N3O2. The molecule has 1 rings (SSSR count). The molecule has 0 spiro atoms. The molecule has 5 nitrogen and oxygen atoms in total. The third-order valence-corrected chi connectivity index (χ3v) is 2.87. The van der Waals surface area contributed by atoms with Crippen LogP contribution < -0.4 is 11.4 Å². The van der Waals surface area contributed by atoms with Crippen LogP contribution in [0.15, 0.2) is 0 Å². The van der Waals surface area contributed by atoms with E-state index in [4.69, 9.17) is 5.84 Å². The predicted molar refractivity (Wildman–Crippen MR) is 52.8 cm³/mol. The van der Waals surface area contributed by atoms with Gasteiger partial charge in [0.1, 0.15) is 0 Å². The van der Waals surface area contributed by atoms with Crippen molar-refractivity contribution in [1.82, 2.24) is 10.5 Å². The predicted octanol–water partition coefficient (Wildman–Crippen LogP) is -0.114. The number of hydrogen-bond donors (Lipinski definition) is 2. The molecule has 1 fully saturated rings. The van der Waals surface area contributed by atoms with Crippen molar-refractivity contribution in [3.8, 4) is 0 Å². The van der Waals surface area contributed by atoms with Crippen LogP contribution in [0.5, 0.6) is 0 Å². The highest BCUT2D eigenvalue weighted by atomic mass is 16.7. The maximum Gasteiger partial charge on any atom is 0.327 e. The third kappa shape index (κ3) is 3.25. The minimum absolute atomic E-state index is 0.306. The van der Waals surface area contributed by atoms with E-state index in [0.717, 1.165) is 31.5 Å². The Morgan fingerprint density at radius 2 is 2.07 bits per heavy atom. The summed E-state index contributed by atoms with van der Waals surface area (Å²) in [7, 11) is 0. The summed E-state index contributed by atoms with van der Waals surface area (Å²) in [5, 5.41) is 0. The summed E-state index contributed by atoms with van der Waals surface area (Å²) in [4.78, 5) is 17.7. The number of carbonyl (C=O) groups is 1. The standard InChI is InChI=1S/C9H19N3O2/c1-7-5-12(6-8(7)2)4-3-9(13)14-11-10/h7-8,11H,3-6,10H2,1-2H3. The van der Waals surface area contributed by atoms with Gasteiger partial charge >= 0.3 is 5.97 Å². The molecule has 1 heterocycles. The second-order valence-corrected chi connectivity index (χ2v) is 4.06. The van der Waals surface area contributed by atoms with E-state index in [9.17, 15) is 4.79 Å². The molecule has 82 valence electrons. The van der Waals surface area contributed by atoms with E-state index in [1.54, 1.807) is 0 Å². The molecule has 0 bridgehead atoms. The van der Waals surface area contributed by atoms with Gasteiger partial charge in [-0.15, -0.1) is 0 Å². The van der Waals surface area contributed by atoms with Gasteiger partial charge in [0.05, 0.1) is 6.42 Å². The number of rotatable bonds is 4. The van der Waals surface area contributed by atoms with Gasteiger partial charge in [-0.1, -0.05) is 19.4 Å². The Morgan fingerprint density at radius 1 is 1.50 bits per heavy atom. The fraction of sp³-hybridized carbons (Fsp3) is 0.889. The highest BCUT2D eigenvalue weighted by Crippen LogP contribution is 2.21. The van der Waals surface area contributed by atoms with Gasteiger partial charge in [0.15, 0.2) is 0 Å². The summed E-state index contributed by atoms with van der Waals surface area (Å²) in [5.74, 6) is 5.99. The fourth-order valence-corrected chi connectivity index (χ4v) is 1.80. The van der Waals surface area contributed by atoms with Crippen molar-refractivity contribution >= 4 is 5.97 Å². The Morgan fingerprint density at radius 3 is 2.57 bits per heavy atom. The molecule has 2 atom stereocenters. The van der Waals surface area contributed by atoms with E-state index in [2.05, 4.69) is 23.6 Å². The van der Waals surface area contributed by atoms with E-state index in [1.165, 1.54) is 0 Å². The summed E-state index contributed by atoms with van der Waals surface area (Å²) < 4.78 is 0. The van der Waals surface area contributed by atoms with Crippen LogP contribution in [-0.2, 0) is 9.63 Å². The summed E-state index contributed by atoms with van der Waals surface area (Å²) in [6.07, 6.45) is 0.392. The van der Waals surface area contributed by atoms with Crippen molar-refractivity contribution in [3.63, 3.8) is 0 Å². The van der Waals surface area contributed by atoms with Crippen LogP contribution in [0, 0.1) is 11.8 Å². The molecule has 3 N–H and O–H groups in total. The molecule has 5 heteroatoms. The SMILES string of the molecule is CC1CN(CCC(=O)ONN)CC1C. The van der Waals surface area contributed by atoms with Crippen molar-refractivity contribution in [2.45, 2.75) is 20.3 Å². The van der Waals surface area contributed by atoms with Crippen molar-refractivity contribution < 1.29 is 9.63 Å². The number of hydrogen-bond acceptors (Lipinski definition) is 5. The first-order chi connectivity index (χ1) is 6.63. The Labute approximate surface area is 84.5 Å². The largest absolute Gasteiger partial charge is 0.356 e. The Hall–Kier alpha value is -0.650. The van der Waals surface area contributed by atoms with Gasteiger partial charge in [-0.3, -0.25) is 4.79 Å². The zero-order chi connectivity index (χ0) is 10.6. The van der Waals surface area contributed by atoms with Crippen molar-refractivity contribution in [2.75, 3.05) is 19.6 Å². The van der Waals surface area contributed by atoms with Crippen LogP contribution in [0.3, 0.4) is 0 Å². The Balaban J connectivity index is 2.17. The maximum atomic E-state index is 11.0. The number of hydrazine groups is 1. The zero-order valence-electron chi connectivity index (χ0n) is 8.82. The van der Waals surface area contributed by atoms with Gasteiger partial charge < -0.3 is 9.74 Å². The second-order valence-electron chi connectivity index (χ2n) is 4.06. The van der Waals surface area contributed by atoms with E-state index < -0.39 is 0 Å². The van der Waals surface area contributed by atoms with Crippen LogP contribution in [0.1, 0.15) is 20.3 Å². The second kappa shape index (κ2) is 5.29. The molecule has 0 aromatic carbocycles. The van der Waals surface area contributed by atoms with Gasteiger partial charge in [0, 0.05) is 19.6 Å². The van der Waals surface area contributed by atoms with E-state index in [1.807, 2.05) is 5.59 Å².